The van der Waals surface area contributed by atoms with Gasteiger partial charge in [0.2, 0.25) is 0 Å². The second-order valence-electron chi connectivity index (χ2n) is 5.17. The number of carbonyl (C=O) groups excluding carboxylic acids is 2. The van der Waals surface area contributed by atoms with Crippen LogP contribution in [0.25, 0.3) is 4.48 Å². The average molecular weight is 486 g/mol. The third-order valence-corrected chi connectivity index (χ3v) is 5.44. The van der Waals surface area contributed by atoms with Crippen LogP contribution in [0.2, 0.25) is 0 Å². The number of allylic oxidation sites excluding steroid dienone is 3. The molecule has 2 amide bonds. The predicted molar refractivity (Wildman–Crippen MR) is 114 cm³/mol. The van der Waals surface area contributed by atoms with Crippen LogP contribution < -0.4 is 4.90 Å². The second kappa shape index (κ2) is 10.4. The molecule has 1 aliphatic heterocycles. The molecule has 0 bridgehead atoms. The molecule has 134 valence electrons. The fourth-order valence-corrected chi connectivity index (χ4v) is 2.90. The van der Waals surface area contributed by atoms with Gasteiger partial charge in [-0.15, -0.1) is 0 Å². The van der Waals surface area contributed by atoms with Crippen LogP contribution in [0.1, 0.15) is 5.56 Å². The van der Waals surface area contributed by atoms with Crippen molar-refractivity contribution in [3.05, 3.63) is 95.0 Å². The van der Waals surface area contributed by atoms with E-state index in [1.54, 1.807) is 30.3 Å². The van der Waals surface area contributed by atoms with Crippen LogP contribution in [0.3, 0.4) is 0 Å². The van der Waals surface area contributed by atoms with Gasteiger partial charge in [-0.25, -0.2) is 4.90 Å². The summed E-state index contributed by atoms with van der Waals surface area (Å²) < 4.78 is 1.79. The Morgan fingerprint density at radius 3 is 1.93 bits per heavy atom. The van der Waals surface area contributed by atoms with E-state index in [-0.39, 0.29) is 11.8 Å². The molecule has 0 N–H and O–H groups in total. The standard InChI is InChI=1S/C11H7Br2N.C10H7NO2/c12-10(7-4-8-14)11(13)9-5-2-1-3-6-9;12-9-6-7-10(13)11(9)8-4-2-1-3-5-8/h1-7H;1-7H. The van der Waals surface area contributed by atoms with E-state index in [0.717, 1.165) is 19.4 Å². The van der Waals surface area contributed by atoms with Crippen LogP contribution >= 0.6 is 31.9 Å². The summed E-state index contributed by atoms with van der Waals surface area (Å²) in [7, 11) is 0. The number of halogens is 2. The SMILES string of the molecule is N#CC=CC(Br)=C(Br)c1ccccc1.O=C1C=CC(=O)N1c1ccccc1. The molecule has 1 heterocycles. The Morgan fingerprint density at radius 2 is 1.41 bits per heavy atom. The zero-order valence-electron chi connectivity index (χ0n) is 14.0. The fraction of sp³-hybridized carbons (Fsp3) is 0. The maximum Gasteiger partial charge on any atom is 0.258 e. The monoisotopic (exact) mass is 484 g/mol. The van der Waals surface area contributed by atoms with Crippen LogP contribution in [-0.2, 0) is 9.59 Å². The van der Waals surface area contributed by atoms with Gasteiger partial charge in [0.05, 0.1) is 11.8 Å². The summed E-state index contributed by atoms with van der Waals surface area (Å²) in [6, 6.07) is 20.7. The summed E-state index contributed by atoms with van der Waals surface area (Å²) in [5.74, 6) is -0.563. The van der Waals surface area contributed by atoms with Crippen molar-refractivity contribution in [2.75, 3.05) is 4.90 Å². The van der Waals surface area contributed by atoms with Gasteiger partial charge < -0.3 is 0 Å². The first kappa shape index (κ1) is 20.6. The molecular formula is C21H14Br2N2O2. The number of imide groups is 1. The Morgan fingerprint density at radius 1 is 0.889 bits per heavy atom. The van der Waals surface area contributed by atoms with E-state index in [9.17, 15) is 9.59 Å². The number of para-hydroxylation sites is 1. The van der Waals surface area contributed by atoms with Gasteiger partial charge in [-0.3, -0.25) is 9.59 Å². The molecule has 0 unspecified atom stereocenters. The van der Waals surface area contributed by atoms with Crippen molar-refractivity contribution < 1.29 is 9.59 Å². The Labute approximate surface area is 174 Å². The van der Waals surface area contributed by atoms with Gasteiger partial charge in [0.1, 0.15) is 0 Å². The maximum atomic E-state index is 11.2. The largest absolute Gasteiger partial charge is 0.269 e. The normalized spacial score (nSPS) is 13.9. The minimum Gasteiger partial charge on any atom is -0.269 e. The summed E-state index contributed by atoms with van der Waals surface area (Å²) in [6.07, 6.45) is 5.68. The van der Waals surface area contributed by atoms with E-state index in [1.807, 2.05) is 42.5 Å². The molecule has 3 rings (SSSR count). The number of benzene rings is 2. The van der Waals surface area contributed by atoms with E-state index in [0.29, 0.717) is 5.69 Å². The highest BCUT2D eigenvalue weighted by Gasteiger charge is 2.24. The Hall–Kier alpha value is -2.75. The van der Waals surface area contributed by atoms with E-state index in [1.165, 1.54) is 18.2 Å². The lowest BCUT2D eigenvalue weighted by Gasteiger charge is -2.12. The van der Waals surface area contributed by atoms with Crippen molar-refractivity contribution in [2.24, 2.45) is 0 Å². The molecule has 27 heavy (non-hydrogen) atoms. The van der Waals surface area contributed by atoms with Gasteiger partial charge in [0.25, 0.3) is 11.8 Å². The van der Waals surface area contributed by atoms with Crippen molar-refractivity contribution in [3.63, 3.8) is 0 Å². The lowest BCUT2D eigenvalue weighted by molar-refractivity contribution is -0.119. The predicted octanol–water partition coefficient (Wildman–Crippen LogP) is 5.34. The number of hydrogen-bond acceptors (Lipinski definition) is 3. The molecule has 4 nitrogen and oxygen atoms in total. The van der Waals surface area contributed by atoms with Gasteiger partial charge in [-0.05, 0) is 55.6 Å². The first-order valence-corrected chi connectivity index (χ1v) is 9.41. The number of rotatable bonds is 3. The summed E-state index contributed by atoms with van der Waals surface area (Å²) in [4.78, 5) is 23.5. The van der Waals surface area contributed by atoms with E-state index in [4.69, 9.17) is 5.26 Å². The molecule has 0 aromatic heterocycles. The molecule has 0 aliphatic carbocycles. The van der Waals surface area contributed by atoms with Crippen molar-refractivity contribution in [1.29, 1.82) is 5.26 Å². The van der Waals surface area contributed by atoms with Crippen molar-refractivity contribution in [1.82, 2.24) is 0 Å². The number of amides is 2. The molecule has 0 saturated carbocycles. The summed E-state index contributed by atoms with van der Waals surface area (Å²) in [5.41, 5.74) is 1.68. The Balaban J connectivity index is 0.000000194. The number of nitriles is 1. The number of hydrogen-bond donors (Lipinski definition) is 0. The topological polar surface area (TPSA) is 61.2 Å². The Bertz CT molecular complexity index is 925. The molecule has 6 heteroatoms. The van der Waals surface area contributed by atoms with Crippen LogP contribution in [-0.4, -0.2) is 11.8 Å². The molecule has 0 atom stereocenters. The molecule has 0 fully saturated rings. The van der Waals surface area contributed by atoms with Crippen LogP contribution in [0, 0.1) is 11.3 Å². The van der Waals surface area contributed by atoms with Crippen LogP contribution in [0.4, 0.5) is 5.69 Å². The average Bonchev–Trinajstić information content (AvgIpc) is 3.05. The first-order chi connectivity index (χ1) is 13.0. The first-order valence-electron chi connectivity index (χ1n) is 7.82. The number of nitrogens with zero attached hydrogens (tertiary/aromatic N) is 2. The minimum absolute atomic E-state index is 0.281. The summed E-state index contributed by atoms with van der Waals surface area (Å²) in [6.45, 7) is 0. The van der Waals surface area contributed by atoms with Gasteiger partial charge >= 0.3 is 0 Å². The molecule has 2 aromatic rings. The van der Waals surface area contributed by atoms with E-state index < -0.39 is 0 Å². The molecule has 0 saturated heterocycles. The van der Waals surface area contributed by atoms with E-state index >= 15 is 0 Å². The number of carbonyl (C=O) groups is 2. The molecule has 0 spiro atoms. The third kappa shape index (κ3) is 5.88. The maximum absolute atomic E-state index is 11.2. The van der Waals surface area contributed by atoms with Gasteiger partial charge in [-0.1, -0.05) is 48.5 Å². The van der Waals surface area contributed by atoms with Crippen molar-refractivity contribution in [2.45, 2.75) is 0 Å². The van der Waals surface area contributed by atoms with Gasteiger partial charge in [0, 0.05) is 27.2 Å². The Kier molecular flexibility index (Phi) is 7.93. The zero-order chi connectivity index (χ0) is 19.6. The van der Waals surface area contributed by atoms with E-state index in [2.05, 4.69) is 31.9 Å². The molecule has 2 aromatic carbocycles. The third-order valence-electron chi connectivity index (χ3n) is 3.36. The van der Waals surface area contributed by atoms with Crippen LogP contribution in [0.15, 0.2) is 89.5 Å². The highest BCUT2D eigenvalue weighted by molar-refractivity contribution is 9.16. The van der Waals surface area contributed by atoms with Crippen molar-refractivity contribution in [3.8, 4) is 6.07 Å². The molecule has 0 radical (unpaired) electrons. The fourth-order valence-electron chi connectivity index (χ4n) is 2.14. The summed E-state index contributed by atoms with van der Waals surface area (Å²) >= 11 is 6.83. The van der Waals surface area contributed by atoms with Gasteiger partial charge in [0.15, 0.2) is 0 Å². The lowest BCUT2D eigenvalue weighted by atomic mass is 10.2. The van der Waals surface area contributed by atoms with Gasteiger partial charge in [-0.2, -0.15) is 5.26 Å². The van der Waals surface area contributed by atoms with Crippen molar-refractivity contribution >= 4 is 53.8 Å². The highest BCUT2D eigenvalue weighted by Crippen LogP contribution is 2.28. The van der Waals surface area contributed by atoms with Crippen LogP contribution in [0.5, 0.6) is 0 Å². The second-order valence-corrected chi connectivity index (χ2v) is 6.82. The zero-order valence-corrected chi connectivity index (χ0v) is 17.2. The smallest absolute Gasteiger partial charge is 0.258 e. The minimum atomic E-state index is -0.281. The number of anilines is 1. The highest BCUT2D eigenvalue weighted by atomic mass is 79.9. The quantitative estimate of drug-likeness (QED) is 0.335. The lowest BCUT2D eigenvalue weighted by Crippen LogP contribution is -2.29. The molecular weight excluding hydrogens is 472 g/mol. The molecule has 1 aliphatic rings. The summed E-state index contributed by atoms with van der Waals surface area (Å²) in [5, 5.41) is 8.37.